The molecule has 1 atom stereocenters. The molecule has 1 fully saturated rings. The summed E-state index contributed by atoms with van der Waals surface area (Å²) in [6.07, 6.45) is 2.37. The Bertz CT molecular complexity index is 370. The van der Waals surface area contributed by atoms with Crippen molar-refractivity contribution in [3.05, 3.63) is 28.2 Å². The third kappa shape index (κ3) is 2.39. The van der Waals surface area contributed by atoms with E-state index >= 15 is 0 Å². The van der Waals surface area contributed by atoms with Gasteiger partial charge in [0, 0.05) is 16.7 Å². The van der Waals surface area contributed by atoms with Gasteiger partial charge in [0.15, 0.2) is 0 Å². The Balaban J connectivity index is 2.22. The van der Waals surface area contributed by atoms with Crippen LogP contribution in [0.5, 0.6) is 0 Å². The zero-order valence-corrected chi connectivity index (χ0v) is 11.0. The molecule has 1 aliphatic rings. The van der Waals surface area contributed by atoms with Gasteiger partial charge in [-0.3, -0.25) is 0 Å². The summed E-state index contributed by atoms with van der Waals surface area (Å²) >= 11 is 3.49. The van der Waals surface area contributed by atoms with Crippen LogP contribution in [0.4, 0.5) is 5.69 Å². The molecule has 0 spiro atoms. The van der Waals surface area contributed by atoms with Crippen molar-refractivity contribution in [2.45, 2.75) is 25.8 Å². The van der Waals surface area contributed by atoms with E-state index in [1.165, 1.54) is 17.7 Å². The standard InChI is InChI=1S/C12H17BrN2O/c1-9-7-10(13)4-5-12(9)15-6-2-3-11(15)8-16-14/h4-5,7,11H,2-3,6,8,14H2,1H3. The third-order valence-electron chi connectivity index (χ3n) is 3.13. The number of hydrogen-bond donors (Lipinski definition) is 1. The van der Waals surface area contributed by atoms with Gasteiger partial charge in [0.25, 0.3) is 0 Å². The van der Waals surface area contributed by atoms with Gasteiger partial charge < -0.3 is 9.74 Å². The highest BCUT2D eigenvalue weighted by Gasteiger charge is 2.25. The fourth-order valence-electron chi connectivity index (χ4n) is 2.38. The lowest BCUT2D eigenvalue weighted by atomic mass is 10.1. The van der Waals surface area contributed by atoms with Crippen molar-refractivity contribution in [3.63, 3.8) is 0 Å². The molecule has 0 saturated carbocycles. The lowest BCUT2D eigenvalue weighted by Gasteiger charge is -2.27. The predicted octanol–water partition coefficient (Wildman–Crippen LogP) is 2.62. The van der Waals surface area contributed by atoms with Crippen LogP contribution in [0.25, 0.3) is 0 Å². The maximum Gasteiger partial charge on any atom is 0.0882 e. The molecule has 0 aromatic heterocycles. The molecule has 0 amide bonds. The van der Waals surface area contributed by atoms with Gasteiger partial charge in [0.2, 0.25) is 0 Å². The van der Waals surface area contributed by atoms with Gasteiger partial charge in [0.05, 0.1) is 12.6 Å². The Morgan fingerprint density at radius 1 is 1.56 bits per heavy atom. The smallest absolute Gasteiger partial charge is 0.0882 e. The molecule has 1 aromatic rings. The van der Waals surface area contributed by atoms with Crippen LogP contribution in [0.15, 0.2) is 22.7 Å². The molecular weight excluding hydrogens is 268 g/mol. The van der Waals surface area contributed by atoms with Gasteiger partial charge in [0.1, 0.15) is 0 Å². The number of anilines is 1. The molecule has 1 aliphatic heterocycles. The van der Waals surface area contributed by atoms with E-state index in [4.69, 9.17) is 10.7 Å². The maximum absolute atomic E-state index is 5.18. The molecule has 0 aliphatic carbocycles. The van der Waals surface area contributed by atoms with E-state index in [0.29, 0.717) is 12.6 Å². The number of nitrogens with two attached hydrogens (primary N) is 1. The van der Waals surface area contributed by atoms with Crippen LogP contribution in [-0.4, -0.2) is 19.2 Å². The van der Waals surface area contributed by atoms with Crippen LogP contribution >= 0.6 is 15.9 Å². The van der Waals surface area contributed by atoms with E-state index in [-0.39, 0.29) is 0 Å². The van der Waals surface area contributed by atoms with Gasteiger partial charge in [-0.2, -0.15) is 0 Å². The number of hydrogen-bond acceptors (Lipinski definition) is 3. The number of rotatable bonds is 3. The number of aryl methyl sites for hydroxylation is 1. The van der Waals surface area contributed by atoms with Crippen LogP contribution < -0.4 is 10.8 Å². The number of nitrogens with zero attached hydrogens (tertiary/aromatic N) is 1. The normalized spacial score (nSPS) is 20.4. The zero-order valence-electron chi connectivity index (χ0n) is 9.45. The summed E-state index contributed by atoms with van der Waals surface area (Å²) < 4.78 is 1.12. The van der Waals surface area contributed by atoms with Crippen molar-refractivity contribution in [2.75, 3.05) is 18.1 Å². The first-order valence-corrected chi connectivity index (χ1v) is 6.36. The highest BCUT2D eigenvalue weighted by molar-refractivity contribution is 9.10. The molecule has 3 nitrogen and oxygen atoms in total. The van der Waals surface area contributed by atoms with Crippen LogP contribution in [0.2, 0.25) is 0 Å². The summed E-state index contributed by atoms with van der Waals surface area (Å²) in [5, 5.41) is 0. The van der Waals surface area contributed by atoms with Crippen molar-refractivity contribution >= 4 is 21.6 Å². The molecule has 0 radical (unpaired) electrons. The predicted molar refractivity (Wildman–Crippen MR) is 69.4 cm³/mol. The summed E-state index contributed by atoms with van der Waals surface area (Å²) in [6, 6.07) is 6.81. The molecule has 1 heterocycles. The molecular formula is C12H17BrN2O. The average molecular weight is 285 g/mol. The Kier molecular flexibility index (Phi) is 3.84. The zero-order chi connectivity index (χ0) is 11.5. The van der Waals surface area contributed by atoms with Crippen LogP contribution in [0.1, 0.15) is 18.4 Å². The van der Waals surface area contributed by atoms with E-state index < -0.39 is 0 Å². The fraction of sp³-hybridized carbons (Fsp3) is 0.500. The average Bonchev–Trinajstić information content (AvgIpc) is 2.67. The van der Waals surface area contributed by atoms with E-state index in [1.54, 1.807) is 0 Å². The second-order valence-corrected chi connectivity index (χ2v) is 5.17. The number of halogens is 1. The summed E-state index contributed by atoms with van der Waals surface area (Å²) in [7, 11) is 0. The van der Waals surface area contributed by atoms with Gasteiger partial charge in [-0.15, -0.1) is 0 Å². The van der Waals surface area contributed by atoms with E-state index in [1.807, 2.05) is 0 Å². The Morgan fingerprint density at radius 3 is 3.06 bits per heavy atom. The Hall–Kier alpha value is -0.580. The molecule has 1 saturated heterocycles. The largest absolute Gasteiger partial charge is 0.366 e. The summed E-state index contributed by atoms with van der Waals surface area (Å²) in [5.74, 6) is 5.18. The first-order chi connectivity index (χ1) is 7.72. The van der Waals surface area contributed by atoms with E-state index in [0.717, 1.165) is 17.4 Å². The minimum absolute atomic E-state index is 0.421. The van der Waals surface area contributed by atoms with E-state index in [2.05, 4.69) is 46.0 Å². The van der Waals surface area contributed by atoms with E-state index in [9.17, 15) is 0 Å². The van der Waals surface area contributed by atoms with Gasteiger partial charge in [-0.25, -0.2) is 5.90 Å². The summed E-state index contributed by atoms with van der Waals surface area (Å²) in [6.45, 7) is 3.84. The monoisotopic (exact) mass is 284 g/mol. The van der Waals surface area contributed by atoms with Crippen molar-refractivity contribution in [1.29, 1.82) is 0 Å². The van der Waals surface area contributed by atoms with Crippen molar-refractivity contribution < 1.29 is 4.84 Å². The fourth-order valence-corrected chi connectivity index (χ4v) is 2.85. The summed E-state index contributed by atoms with van der Waals surface area (Å²) in [5.41, 5.74) is 2.58. The van der Waals surface area contributed by atoms with Gasteiger partial charge in [-0.05, 0) is 43.5 Å². The third-order valence-corrected chi connectivity index (χ3v) is 3.63. The maximum atomic E-state index is 5.18. The lowest BCUT2D eigenvalue weighted by Crippen LogP contribution is -2.34. The molecule has 1 aromatic carbocycles. The molecule has 88 valence electrons. The first-order valence-electron chi connectivity index (χ1n) is 5.57. The summed E-state index contributed by atoms with van der Waals surface area (Å²) in [4.78, 5) is 7.19. The highest BCUT2D eigenvalue weighted by Crippen LogP contribution is 2.30. The highest BCUT2D eigenvalue weighted by atomic mass is 79.9. The number of benzene rings is 1. The van der Waals surface area contributed by atoms with Crippen LogP contribution in [-0.2, 0) is 4.84 Å². The SMILES string of the molecule is Cc1cc(Br)ccc1N1CCCC1CON. The Morgan fingerprint density at radius 2 is 2.38 bits per heavy atom. The lowest BCUT2D eigenvalue weighted by molar-refractivity contribution is 0.124. The topological polar surface area (TPSA) is 38.5 Å². The minimum atomic E-state index is 0.421. The second kappa shape index (κ2) is 5.17. The molecule has 2 N–H and O–H groups in total. The minimum Gasteiger partial charge on any atom is -0.366 e. The molecule has 0 bridgehead atoms. The van der Waals surface area contributed by atoms with Gasteiger partial charge in [-0.1, -0.05) is 15.9 Å². The quantitative estimate of drug-likeness (QED) is 0.868. The van der Waals surface area contributed by atoms with Crippen LogP contribution in [0.3, 0.4) is 0 Å². The van der Waals surface area contributed by atoms with Crippen molar-refractivity contribution in [2.24, 2.45) is 5.90 Å². The van der Waals surface area contributed by atoms with Crippen molar-refractivity contribution in [3.8, 4) is 0 Å². The molecule has 4 heteroatoms. The molecule has 16 heavy (non-hydrogen) atoms. The first kappa shape index (κ1) is 11.9. The van der Waals surface area contributed by atoms with Gasteiger partial charge >= 0.3 is 0 Å². The Labute approximate surface area is 105 Å². The molecule has 1 unspecified atom stereocenters. The van der Waals surface area contributed by atoms with Crippen molar-refractivity contribution in [1.82, 2.24) is 0 Å². The second-order valence-electron chi connectivity index (χ2n) is 4.25. The molecule has 2 rings (SSSR count). The van der Waals surface area contributed by atoms with Crippen LogP contribution in [0, 0.1) is 6.92 Å².